The normalized spacial score (nSPS) is 20.9. The average Bonchev–Trinajstić information content (AvgIpc) is 3.43. The molecule has 2 aliphatic rings. The Labute approximate surface area is 168 Å². The van der Waals surface area contributed by atoms with Gasteiger partial charge >= 0.3 is 0 Å². The van der Waals surface area contributed by atoms with Crippen molar-refractivity contribution in [1.82, 2.24) is 24.9 Å². The van der Waals surface area contributed by atoms with Crippen LogP contribution in [-0.2, 0) is 6.54 Å². The zero-order valence-electron chi connectivity index (χ0n) is 17.4. The molecule has 1 aromatic carbocycles. The Morgan fingerprint density at radius 3 is 2.68 bits per heavy atom. The van der Waals surface area contributed by atoms with Gasteiger partial charge in [-0.05, 0) is 63.9 Å². The summed E-state index contributed by atoms with van der Waals surface area (Å²) >= 11 is 0. The number of rotatable bonds is 4. The molecule has 1 atom stereocenters. The Bertz CT molecular complexity index is 833. The third-order valence-electron chi connectivity index (χ3n) is 6.00. The van der Waals surface area contributed by atoms with Crippen molar-refractivity contribution in [1.29, 1.82) is 0 Å². The summed E-state index contributed by atoms with van der Waals surface area (Å²) in [6, 6.07) is 11.3. The van der Waals surface area contributed by atoms with E-state index in [1.54, 1.807) is 0 Å². The van der Waals surface area contributed by atoms with Crippen LogP contribution >= 0.6 is 0 Å². The minimum absolute atomic E-state index is 0.683. The van der Waals surface area contributed by atoms with Crippen LogP contribution in [0.5, 0.6) is 0 Å². The molecule has 0 spiro atoms. The maximum absolute atomic E-state index is 4.66. The molecule has 0 radical (unpaired) electrons. The highest BCUT2D eigenvalue weighted by Crippen LogP contribution is 2.21. The van der Waals surface area contributed by atoms with Crippen LogP contribution in [0.25, 0.3) is 5.69 Å². The molecule has 1 N–H and O–H groups in total. The standard InChI is InChI=1S/C22H32N6/c1-17-14-18(2)28(25-17)21-9-5-4-8-19(21)15-24-22(23-3)27-13-10-20(16-27)26-11-6-7-12-26/h4-5,8-9,14,20H,6-7,10-13,15-16H2,1-3H3,(H,23,24). The van der Waals surface area contributed by atoms with Gasteiger partial charge in [0.15, 0.2) is 5.96 Å². The second-order valence-electron chi connectivity index (χ2n) is 8.00. The van der Waals surface area contributed by atoms with Crippen LogP contribution in [0.2, 0.25) is 0 Å². The monoisotopic (exact) mass is 380 g/mol. The van der Waals surface area contributed by atoms with Crippen LogP contribution in [0.1, 0.15) is 36.2 Å². The third-order valence-corrected chi connectivity index (χ3v) is 6.00. The molecular formula is C22H32N6. The quantitative estimate of drug-likeness (QED) is 0.655. The van der Waals surface area contributed by atoms with E-state index < -0.39 is 0 Å². The Kier molecular flexibility index (Phi) is 5.67. The zero-order valence-corrected chi connectivity index (χ0v) is 17.4. The molecule has 2 aliphatic heterocycles. The lowest BCUT2D eigenvalue weighted by molar-refractivity contribution is 0.249. The van der Waals surface area contributed by atoms with Crippen LogP contribution in [0, 0.1) is 13.8 Å². The molecule has 0 bridgehead atoms. The number of aromatic nitrogens is 2. The molecule has 1 aromatic heterocycles. The molecule has 0 amide bonds. The van der Waals surface area contributed by atoms with Gasteiger partial charge in [0.2, 0.25) is 0 Å². The van der Waals surface area contributed by atoms with E-state index in [0.717, 1.165) is 42.7 Å². The molecular weight excluding hydrogens is 348 g/mol. The number of likely N-dealkylation sites (tertiary alicyclic amines) is 2. The predicted molar refractivity (Wildman–Crippen MR) is 114 cm³/mol. The number of guanidine groups is 1. The van der Waals surface area contributed by atoms with Crippen molar-refractivity contribution in [2.45, 2.75) is 45.7 Å². The minimum Gasteiger partial charge on any atom is -0.352 e. The van der Waals surface area contributed by atoms with Gasteiger partial charge < -0.3 is 10.2 Å². The van der Waals surface area contributed by atoms with Gasteiger partial charge in [-0.25, -0.2) is 4.68 Å². The summed E-state index contributed by atoms with van der Waals surface area (Å²) in [5.74, 6) is 1.00. The summed E-state index contributed by atoms with van der Waals surface area (Å²) in [7, 11) is 1.89. The van der Waals surface area contributed by atoms with E-state index in [0.29, 0.717) is 6.04 Å². The number of para-hydroxylation sites is 1. The fourth-order valence-corrected chi connectivity index (χ4v) is 4.59. The van der Waals surface area contributed by atoms with Crippen molar-refractivity contribution < 1.29 is 0 Å². The van der Waals surface area contributed by atoms with Gasteiger partial charge in [0.1, 0.15) is 0 Å². The highest BCUT2D eigenvalue weighted by molar-refractivity contribution is 5.80. The van der Waals surface area contributed by atoms with Gasteiger partial charge in [-0.1, -0.05) is 18.2 Å². The number of hydrogen-bond acceptors (Lipinski definition) is 3. The Hall–Kier alpha value is -2.34. The zero-order chi connectivity index (χ0) is 19.5. The lowest BCUT2D eigenvalue weighted by atomic mass is 10.1. The third kappa shape index (κ3) is 3.92. The largest absolute Gasteiger partial charge is 0.352 e. The molecule has 150 valence electrons. The molecule has 4 rings (SSSR count). The van der Waals surface area contributed by atoms with Crippen molar-refractivity contribution in [2.24, 2.45) is 4.99 Å². The molecule has 1 unspecified atom stereocenters. The van der Waals surface area contributed by atoms with Gasteiger partial charge in [-0.3, -0.25) is 9.89 Å². The first-order chi connectivity index (χ1) is 13.7. The summed E-state index contributed by atoms with van der Waals surface area (Å²) < 4.78 is 2.04. The molecule has 2 aromatic rings. The van der Waals surface area contributed by atoms with Crippen LogP contribution in [0.4, 0.5) is 0 Å². The fourth-order valence-electron chi connectivity index (χ4n) is 4.59. The van der Waals surface area contributed by atoms with Crippen molar-refractivity contribution in [2.75, 3.05) is 33.2 Å². The van der Waals surface area contributed by atoms with E-state index in [4.69, 9.17) is 0 Å². The SMILES string of the molecule is CN=C(NCc1ccccc1-n1nc(C)cc1C)N1CCC(N2CCCC2)C1. The van der Waals surface area contributed by atoms with Gasteiger partial charge in [-0.15, -0.1) is 0 Å². The van der Waals surface area contributed by atoms with Gasteiger partial charge in [0.05, 0.1) is 11.4 Å². The second-order valence-corrected chi connectivity index (χ2v) is 8.00. The Morgan fingerprint density at radius 1 is 1.18 bits per heavy atom. The van der Waals surface area contributed by atoms with Crippen LogP contribution in [-0.4, -0.2) is 64.8 Å². The molecule has 2 saturated heterocycles. The summed E-state index contributed by atoms with van der Waals surface area (Å²) in [4.78, 5) is 9.63. The molecule has 3 heterocycles. The predicted octanol–water partition coefficient (Wildman–Crippen LogP) is 2.73. The number of nitrogens with zero attached hydrogens (tertiary/aromatic N) is 5. The number of benzene rings is 1. The Morgan fingerprint density at radius 2 is 1.96 bits per heavy atom. The summed E-state index contributed by atoms with van der Waals surface area (Å²) in [6.07, 6.45) is 3.95. The molecule has 6 heteroatoms. The topological polar surface area (TPSA) is 48.7 Å². The maximum Gasteiger partial charge on any atom is 0.193 e. The first-order valence-electron chi connectivity index (χ1n) is 10.5. The molecule has 0 aliphatic carbocycles. The first-order valence-corrected chi connectivity index (χ1v) is 10.5. The van der Waals surface area contributed by atoms with Crippen molar-refractivity contribution in [3.63, 3.8) is 0 Å². The van der Waals surface area contributed by atoms with E-state index in [9.17, 15) is 0 Å². The molecule has 0 saturated carbocycles. The maximum atomic E-state index is 4.66. The van der Waals surface area contributed by atoms with E-state index in [-0.39, 0.29) is 0 Å². The van der Waals surface area contributed by atoms with Crippen LogP contribution in [0.3, 0.4) is 0 Å². The van der Waals surface area contributed by atoms with Gasteiger partial charge in [0, 0.05) is 38.4 Å². The average molecular weight is 381 g/mol. The highest BCUT2D eigenvalue weighted by atomic mass is 15.3. The summed E-state index contributed by atoms with van der Waals surface area (Å²) in [5.41, 5.74) is 4.56. The van der Waals surface area contributed by atoms with Gasteiger partial charge in [0.25, 0.3) is 0 Å². The number of hydrogen-bond donors (Lipinski definition) is 1. The number of aliphatic imine (C=N–C) groups is 1. The molecule has 28 heavy (non-hydrogen) atoms. The summed E-state index contributed by atoms with van der Waals surface area (Å²) in [5, 5.41) is 8.25. The van der Waals surface area contributed by atoms with E-state index in [1.165, 1.54) is 37.9 Å². The Balaban J connectivity index is 1.43. The second kappa shape index (κ2) is 8.35. The van der Waals surface area contributed by atoms with Gasteiger partial charge in [-0.2, -0.15) is 5.10 Å². The lowest BCUT2D eigenvalue weighted by Gasteiger charge is -2.25. The molecule has 2 fully saturated rings. The van der Waals surface area contributed by atoms with E-state index in [1.807, 2.05) is 18.7 Å². The van der Waals surface area contributed by atoms with Crippen molar-refractivity contribution >= 4 is 5.96 Å². The first kappa shape index (κ1) is 19.0. The molecule has 6 nitrogen and oxygen atoms in total. The van der Waals surface area contributed by atoms with Crippen molar-refractivity contribution in [3.8, 4) is 5.69 Å². The van der Waals surface area contributed by atoms with E-state index in [2.05, 4.69) is 62.5 Å². The summed E-state index contributed by atoms with van der Waals surface area (Å²) in [6.45, 7) is 9.58. The van der Waals surface area contributed by atoms with Crippen LogP contribution in [0.15, 0.2) is 35.3 Å². The van der Waals surface area contributed by atoms with Crippen LogP contribution < -0.4 is 5.32 Å². The number of aryl methyl sites for hydroxylation is 2. The fraction of sp³-hybridized carbons (Fsp3) is 0.545. The van der Waals surface area contributed by atoms with E-state index >= 15 is 0 Å². The highest BCUT2D eigenvalue weighted by Gasteiger charge is 2.30. The minimum atomic E-state index is 0.683. The van der Waals surface area contributed by atoms with Crippen molar-refractivity contribution in [3.05, 3.63) is 47.3 Å². The lowest BCUT2D eigenvalue weighted by Crippen LogP contribution is -2.42. The number of nitrogens with one attached hydrogen (secondary N) is 1. The smallest absolute Gasteiger partial charge is 0.193 e.